The Bertz CT molecular complexity index is 458. The van der Waals surface area contributed by atoms with Crippen LogP contribution in [0.2, 0.25) is 0 Å². The highest BCUT2D eigenvalue weighted by atomic mass is 32.1. The fraction of sp³-hybridized carbons (Fsp3) is 0.417. The molecule has 2 rings (SSSR count). The van der Waals surface area contributed by atoms with Crippen molar-refractivity contribution in [1.82, 2.24) is 9.78 Å². The number of hydrogen-bond donors (Lipinski definition) is 1. The molecule has 0 amide bonds. The molecular weight excluding hydrogens is 218 g/mol. The Labute approximate surface area is 99.9 Å². The second-order valence-corrected chi connectivity index (χ2v) is 5.36. The summed E-state index contributed by atoms with van der Waals surface area (Å²) in [7, 11) is 1.97. The number of nitrogens with zero attached hydrogens (tertiary/aromatic N) is 2. The van der Waals surface area contributed by atoms with Gasteiger partial charge in [0.05, 0.1) is 0 Å². The summed E-state index contributed by atoms with van der Waals surface area (Å²) in [6.45, 7) is 2.11. The standard InChI is InChI=1S/C12H17N3S/c1-9-3-6-12(16-9)11(13)5-4-10-7-8-14-15(10)2/h3,6-8,11H,4-5,13H2,1-2H3. The van der Waals surface area contributed by atoms with Crippen LogP contribution in [-0.2, 0) is 13.5 Å². The van der Waals surface area contributed by atoms with E-state index in [1.54, 1.807) is 11.3 Å². The van der Waals surface area contributed by atoms with Gasteiger partial charge in [0.25, 0.3) is 0 Å². The summed E-state index contributed by atoms with van der Waals surface area (Å²) < 4.78 is 1.91. The van der Waals surface area contributed by atoms with E-state index in [9.17, 15) is 0 Å². The van der Waals surface area contributed by atoms with Crippen molar-refractivity contribution in [3.63, 3.8) is 0 Å². The largest absolute Gasteiger partial charge is 0.323 e. The molecule has 0 aliphatic heterocycles. The molecule has 0 aliphatic carbocycles. The molecule has 0 aromatic carbocycles. The predicted octanol–water partition coefficient (Wildman–Crippen LogP) is 2.42. The second-order valence-electron chi connectivity index (χ2n) is 4.04. The van der Waals surface area contributed by atoms with Crippen molar-refractivity contribution in [3.05, 3.63) is 39.8 Å². The molecule has 0 saturated heterocycles. The number of aromatic nitrogens is 2. The molecule has 0 radical (unpaired) electrons. The summed E-state index contributed by atoms with van der Waals surface area (Å²) in [5.74, 6) is 0. The van der Waals surface area contributed by atoms with Gasteiger partial charge in [-0.2, -0.15) is 5.10 Å². The molecule has 0 saturated carbocycles. The van der Waals surface area contributed by atoms with Gasteiger partial charge in [0, 0.05) is 34.7 Å². The topological polar surface area (TPSA) is 43.8 Å². The number of aryl methyl sites for hydroxylation is 3. The van der Waals surface area contributed by atoms with Gasteiger partial charge in [-0.25, -0.2) is 0 Å². The van der Waals surface area contributed by atoms with E-state index in [1.807, 2.05) is 24.0 Å². The van der Waals surface area contributed by atoms with Gasteiger partial charge < -0.3 is 5.73 Å². The zero-order chi connectivity index (χ0) is 11.5. The van der Waals surface area contributed by atoms with Gasteiger partial charge in [-0.15, -0.1) is 11.3 Å². The van der Waals surface area contributed by atoms with Crippen LogP contribution in [0.4, 0.5) is 0 Å². The third-order valence-electron chi connectivity index (χ3n) is 2.76. The van der Waals surface area contributed by atoms with E-state index < -0.39 is 0 Å². The Kier molecular flexibility index (Phi) is 3.41. The molecule has 2 aromatic heterocycles. The molecule has 86 valence electrons. The summed E-state index contributed by atoms with van der Waals surface area (Å²) in [6, 6.07) is 6.46. The van der Waals surface area contributed by atoms with Crippen molar-refractivity contribution in [2.24, 2.45) is 12.8 Å². The summed E-state index contributed by atoms with van der Waals surface area (Å²) in [6.07, 6.45) is 3.78. The first kappa shape index (κ1) is 11.4. The summed E-state index contributed by atoms with van der Waals surface area (Å²) in [5, 5.41) is 4.15. The van der Waals surface area contributed by atoms with Crippen LogP contribution in [-0.4, -0.2) is 9.78 Å². The van der Waals surface area contributed by atoms with Crippen molar-refractivity contribution < 1.29 is 0 Å². The summed E-state index contributed by atoms with van der Waals surface area (Å²) in [5.41, 5.74) is 7.40. The Balaban J connectivity index is 1.93. The molecule has 3 nitrogen and oxygen atoms in total. The van der Waals surface area contributed by atoms with Gasteiger partial charge >= 0.3 is 0 Å². The lowest BCUT2D eigenvalue weighted by Gasteiger charge is -2.09. The van der Waals surface area contributed by atoms with Crippen LogP contribution in [0.3, 0.4) is 0 Å². The average Bonchev–Trinajstić information content (AvgIpc) is 2.84. The molecule has 2 N–H and O–H groups in total. The van der Waals surface area contributed by atoms with Gasteiger partial charge in [-0.3, -0.25) is 4.68 Å². The van der Waals surface area contributed by atoms with Gasteiger partial charge in [-0.1, -0.05) is 0 Å². The Morgan fingerprint density at radius 3 is 2.81 bits per heavy atom. The third kappa shape index (κ3) is 2.51. The predicted molar refractivity (Wildman–Crippen MR) is 67.5 cm³/mol. The van der Waals surface area contributed by atoms with Crippen molar-refractivity contribution >= 4 is 11.3 Å². The highest BCUT2D eigenvalue weighted by Crippen LogP contribution is 2.24. The van der Waals surface area contributed by atoms with Gasteiger partial charge in [0.15, 0.2) is 0 Å². The number of thiophene rings is 1. The minimum atomic E-state index is 0.147. The molecule has 0 spiro atoms. The van der Waals surface area contributed by atoms with E-state index in [4.69, 9.17) is 5.73 Å². The molecule has 4 heteroatoms. The average molecular weight is 235 g/mol. The second kappa shape index (κ2) is 4.80. The summed E-state index contributed by atoms with van der Waals surface area (Å²) >= 11 is 1.79. The van der Waals surface area contributed by atoms with Crippen molar-refractivity contribution in [2.45, 2.75) is 25.8 Å². The Morgan fingerprint density at radius 2 is 2.25 bits per heavy atom. The highest BCUT2D eigenvalue weighted by Gasteiger charge is 2.09. The fourth-order valence-corrected chi connectivity index (χ4v) is 2.66. The van der Waals surface area contributed by atoms with Crippen LogP contribution < -0.4 is 5.73 Å². The maximum atomic E-state index is 6.16. The highest BCUT2D eigenvalue weighted by molar-refractivity contribution is 7.12. The van der Waals surface area contributed by atoms with Crippen LogP contribution >= 0.6 is 11.3 Å². The zero-order valence-electron chi connectivity index (χ0n) is 9.68. The van der Waals surface area contributed by atoms with Gasteiger partial charge in [0.2, 0.25) is 0 Å². The van der Waals surface area contributed by atoms with E-state index in [2.05, 4.69) is 24.2 Å². The van der Waals surface area contributed by atoms with Gasteiger partial charge in [-0.05, 0) is 38.0 Å². The first-order chi connectivity index (χ1) is 7.66. The first-order valence-corrected chi connectivity index (χ1v) is 6.27. The van der Waals surface area contributed by atoms with E-state index in [1.165, 1.54) is 15.4 Å². The third-order valence-corrected chi connectivity index (χ3v) is 3.89. The SMILES string of the molecule is Cc1ccc(C(N)CCc2ccnn2C)s1. The Morgan fingerprint density at radius 1 is 1.44 bits per heavy atom. The molecule has 0 aliphatic rings. The molecule has 2 heterocycles. The minimum absolute atomic E-state index is 0.147. The molecule has 0 fully saturated rings. The first-order valence-electron chi connectivity index (χ1n) is 5.45. The van der Waals surface area contributed by atoms with Crippen LogP contribution in [0.25, 0.3) is 0 Å². The number of nitrogens with two attached hydrogens (primary N) is 1. The maximum absolute atomic E-state index is 6.16. The molecular formula is C12H17N3S. The molecule has 2 aromatic rings. The zero-order valence-corrected chi connectivity index (χ0v) is 10.5. The lowest BCUT2D eigenvalue weighted by atomic mass is 10.1. The van der Waals surface area contributed by atoms with Crippen LogP contribution in [0.15, 0.2) is 24.4 Å². The van der Waals surface area contributed by atoms with Gasteiger partial charge in [0.1, 0.15) is 0 Å². The quantitative estimate of drug-likeness (QED) is 0.884. The molecule has 1 atom stereocenters. The van der Waals surface area contributed by atoms with Crippen LogP contribution in [0.1, 0.15) is 27.9 Å². The van der Waals surface area contributed by atoms with Crippen molar-refractivity contribution in [3.8, 4) is 0 Å². The van der Waals surface area contributed by atoms with E-state index in [-0.39, 0.29) is 6.04 Å². The molecule has 0 bridgehead atoms. The number of rotatable bonds is 4. The lowest BCUT2D eigenvalue weighted by molar-refractivity contribution is 0.620. The smallest absolute Gasteiger partial charge is 0.0492 e. The normalized spacial score (nSPS) is 12.9. The Hall–Kier alpha value is -1.13. The van der Waals surface area contributed by atoms with Crippen LogP contribution in [0, 0.1) is 6.92 Å². The maximum Gasteiger partial charge on any atom is 0.0492 e. The monoisotopic (exact) mass is 235 g/mol. The van der Waals surface area contributed by atoms with Crippen LogP contribution in [0.5, 0.6) is 0 Å². The minimum Gasteiger partial charge on any atom is -0.323 e. The van der Waals surface area contributed by atoms with E-state index in [0.29, 0.717) is 0 Å². The van der Waals surface area contributed by atoms with E-state index >= 15 is 0 Å². The molecule has 1 unspecified atom stereocenters. The molecule has 16 heavy (non-hydrogen) atoms. The van der Waals surface area contributed by atoms with Crippen molar-refractivity contribution in [2.75, 3.05) is 0 Å². The lowest BCUT2D eigenvalue weighted by Crippen LogP contribution is -2.10. The van der Waals surface area contributed by atoms with E-state index in [0.717, 1.165) is 12.8 Å². The summed E-state index contributed by atoms with van der Waals surface area (Å²) in [4.78, 5) is 2.60. The number of hydrogen-bond acceptors (Lipinski definition) is 3. The fourth-order valence-electron chi connectivity index (χ4n) is 1.74. The van der Waals surface area contributed by atoms with Crippen molar-refractivity contribution in [1.29, 1.82) is 0 Å².